The van der Waals surface area contributed by atoms with Crippen LogP contribution in [0.5, 0.6) is 0 Å². The van der Waals surface area contributed by atoms with Gasteiger partial charge in [-0.3, -0.25) is 14.5 Å². The molecule has 0 aliphatic carbocycles. The monoisotopic (exact) mass is 484 g/mol. The topological polar surface area (TPSA) is 49.4 Å². The third-order valence-electron chi connectivity index (χ3n) is 6.88. The van der Waals surface area contributed by atoms with Crippen molar-refractivity contribution in [3.05, 3.63) is 86.8 Å². The van der Waals surface area contributed by atoms with Gasteiger partial charge in [-0.05, 0) is 47.3 Å². The fourth-order valence-electron chi connectivity index (χ4n) is 5.68. The summed E-state index contributed by atoms with van der Waals surface area (Å²) in [7, 11) is 0. The summed E-state index contributed by atoms with van der Waals surface area (Å²) in [5, 5.41) is 5.44. The third-order valence-corrected chi connectivity index (χ3v) is 9.06. The molecule has 2 aromatic carbocycles. The number of nitrogens with one attached hydrogen (secondary N) is 1. The van der Waals surface area contributed by atoms with Gasteiger partial charge in [-0.1, -0.05) is 29.8 Å². The molecule has 32 heavy (non-hydrogen) atoms. The first-order chi connectivity index (χ1) is 15.5. The zero-order valence-electron chi connectivity index (χ0n) is 16.8. The van der Waals surface area contributed by atoms with Gasteiger partial charge in [-0.25, -0.2) is 4.39 Å². The minimum absolute atomic E-state index is 0.0324. The average molecular weight is 485 g/mol. The van der Waals surface area contributed by atoms with Gasteiger partial charge in [0.05, 0.1) is 10.8 Å². The number of Topliss-reactive ketones (excluding diaryl/α,β-unsaturated/α-hetero) is 1. The molecule has 1 spiro atoms. The summed E-state index contributed by atoms with van der Waals surface area (Å²) >= 11 is 9.26. The molecule has 8 heteroatoms. The van der Waals surface area contributed by atoms with E-state index in [0.717, 1.165) is 11.3 Å². The number of fused-ring (bicyclic) bond motifs is 4. The Hall–Kier alpha value is -2.19. The number of benzene rings is 2. The largest absolute Gasteiger partial charge is 0.324 e. The van der Waals surface area contributed by atoms with Crippen molar-refractivity contribution in [2.45, 2.75) is 17.5 Å². The molecule has 0 saturated carbocycles. The molecule has 4 atom stereocenters. The number of carbonyl (C=O) groups excluding carboxylic acids is 2. The van der Waals surface area contributed by atoms with Gasteiger partial charge < -0.3 is 5.32 Å². The molecule has 1 amide bonds. The van der Waals surface area contributed by atoms with Crippen LogP contribution in [0.2, 0.25) is 5.02 Å². The van der Waals surface area contributed by atoms with Crippen molar-refractivity contribution in [2.75, 3.05) is 16.9 Å². The number of thioether (sulfide) groups is 1. The van der Waals surface area contributed by atoms with Crippen LogP contribution in [0.1, 0.15) is 26.7 Å². The fraction of sp³-hybridized carbons (Fsp3) is 0.250. The number of ketones is 1. The highest BCUT2D eigenvalue weighted by atomic mass is 35.5. The summed E-state index contributed by atoms with van der Waals surface area (Å²) in [6, 6.07) is 15.5. The second-order valence-corrected chi connectivity index (χ2v) is 10.7. The first-order valence-electron chi connectivity index (χ1n) is 10.3. The molecule has 3 aliphatic rings. The highest BCUT2D eigenvalue weighted by Gasteiger charge is 2.69. The van der Waals surface area contributed by atoms with Gasteiger partial charge in [-0.15, -0.1) is 23.1 Å². The molecule has 1 aromatic heterocycles. The number of nitrogens with zero attached hydrogens (tertiary/aromatic N) is 1. The van der Waals surface area contributed by atoms with Crippen molar-refractivity contribution in [1.29, 1.82) is 0 Å². The predicted octanol–water partition coefficient (Wildman–Crippen LogP) is 5.36. The summed E-state index contributed by atoms with van der Waals surface area (Å²) in [5.74, 6) is -0.259. The Labute approximate surface area is 197 Å². The second kappa shape index (κ2) is 7.42. The van der Waals surface area contributed by atoms with E-state index in [1.54, 1.807) is 23.9 Å². The van der Waals surface area contributed by atoms with Crippen LogP contribution in [0.25, 0.3) is 0 Å². The standard InChI is InChI=1S/C24H18ClFN2O2S2/c25-14-5-3-13(4-6-14)20-18-11-31-12-28(18)24(21(20)22(29)19-2-1-9-32-19)16-10-15(26)7-8-17(16)27-23(24)30/h1-10,18,20-21H,11-12H2,(H,27,30). The van der Waals surface area contributed by atoms with E-state index >= 15 is 0 Å². The maximum Gasteiger partial charge on any atom is 0.250 e. The fourth-order valence-corrected chi connectivity index (χ4v) is 7.83. The Morgan fingerprint density at radius 1 is 1.19 bits per heavy atom. The van der Waals surface area contributed by atoms with E-state index in [2.05, 4.69) is 10.2 Å². The van der Waals surface area contributed by atoms with E-state index in [0.29, 0.717) is 27.0 Å². The number of amides is 1. The van der Waals surface area contributed by atoms with Crippen LogP contribution in [-0.4, -0.2) is 34.3 Å². The summed E-state index contributed by atoms with van der Waals surface area (Å²) in [4.78, 5) is 30.6. The molecular formula is C24H18ClFN2O2S2. The Bertz CT molecular complexity index is 1230. The van der Waals surface area contributed by atoms with Gasteiger partial charge in [0.1, 0.15) is 11.4 Å². The van der Waals surface area contributed by atoms with E-state index < -0.39 is 17.3 Å². The molecule has 2 saturated heterocycles. The number of hydrogen-bond donors (Lipinski definition) is 1. The normalized spacial score (nSPS) is 28.7. The second-order valence-electron chi connectivity index (χ2n) is 8.34. The average Bonchev–Trinajstić information content (AvgIpc) is 3.55. The Morgan fingerprint density at radius 2 is 2.00 bits per heavy atom. The quantitative estimate of drug-likeness (QED) is 0.508. The van der Waals surface area contributed by atoms with Crippen LogP contribution in [0.15, 0.2) is 60.0 Å². The number of anilines is 1. The first kappa shape index (κ1) is 20.4. The van der Waals surface area contributed by atoms with Crippen LogP contribution >= 0.6 is 34.7 Å². The van der Waals surface area contributed by atoms with Crippen LogP contribution < -0.4 is 5.32 Å². The molecule has 3 aromatic rings. The maximum atomic E-state index is 14.5. The Morgan fingerprint density at radius 3 is 2.75 bits per heavy atom. The lowest BCUT2D eigenvalue weighted by atomic mass is 9.70. The number of hydrogen-bond acceptors (Lipinski definition) is 5. The zero-order valence-corrected chi connectivity index (χ0v) is 19.1. The molecule has 0 radical (unpaired) electrons. The highest BCUT2D eigenvalue weighted by molar-refractivity contribution is 7.99. The molecule has 162 valence electrons. The SMILES string of the molecule is O=C(c1cccs1)C1C(c2ccc(Cl)cc2)C2CSCN2C12C(=O)Nc1ccc(F)cc12. The van der Waals surface area contributed by atoms with Crippen LogP contribution in [0.3, 0.4) is 0 Å². The zero-order chi connectivity index (χ0) is 22.0. The van der Waals surface area contributed by atoms with Crippen molar-refractivity contribution in [3.63, 3.8) is 0 Å². The third kappa shape index (κ3) is 2.71. The summed E-state index contributed by atoms with van der Waals surface area (Å²) in [6.45, 7) is 0. The van der Waals surface area contributed by atoms with Crippen molar-refractivity contribution in [1.82, 2.24) is 4.90 Å². The maximum absolute atomic E-state index is 14.5. The lowest BCUT2D eigenvalue weighted by Gasteiger charge is -2.36. The van der Waals surface area contributed by atoms with E-state index in [9.17, 15) is 14.0 Å². The van der Waals surface area contributed by atoms with Gasteiger partial charge in [0, 0.05) is 39.9 Å². The van der Waals surface area contributed by atoms with Gasteiger partial charge in [0.2, 0.25) is 5.91 Å². The minimum Gasteiger partial charge on any atom is -0.324 e. The number of rotatable bonds is 3. The van der Waals surface area contributed by atoms with Gasteiger partial charge in [-0.2, -0.15) is 0 Å². The number of thiophene rings is 1. The van der Waals surface area contributed by atoms with Crippen LogP contribution in [0.4, 0.5) is 10.1 Å². The van der Waals surface area contributed by atoms with Gasteiger partial charge in [0.15, 0.2) is 5.78 Å². The van der Waals surface area contributed by atoms with Crippen LogP contribution in [0, 0.1) is 11.7 Å². The smallest absolute Gasteiger partial charge is 0.250 e. The summed E-state index contributed by atoms with van der Waals surface area (Å²) in [6.07, 6.45) is 0. The highest BCUT2D eigenvalue weighted by Crippen LogP contribution is 2.61. The molecule has 1 N–H and O–H groups in total. The van der Waals surface area contributed by atoms with E-state index in [4.69, 9.17) is 11.6 Å². The molecule has 2 fully saturated rings. The van der Waals surface area contributed by atoms with Crippen molar-refractivity contribution in [2.24, 2.45) is 5.92 Å². The number of carbonyl (C=O) groups is 2. The summed E-state index contributed by atoms with van der Waals surface area (Å²) < 4.78 is 14.5. The van der Waals surface area contributed by atoms with Crippen molar-refractivity contribution >= 4 is 52.1 Å². The predicted molar refractivity (Wildman–Crippen MR) is 126 cm³/mol. The molecule has 4 nitrogen and oxygen atoms in total. The van der Waals surface area contributed by atoms with E-state index in [1.807, 2.05) is 35.7 Å². The minimum atomic E-state index is -1.25. The molecular weight excluding hydrogens is 467 g/mol. The molecule has 3 aliphatic heterocycles. The molecule has 4 unspecified atom stereocenters. The molecule has 0 bridgehead atoms. The molecule has 4 heterocycles. The van der Waals surface area contributed by atoms with E-state index in [-0.39, 0.29) is 23.7 Å². The molecule has 6 rings (SSSR count). The Kier molecular flexibility index (Phi) is 4.73. The lowest BCUT2D eigenvalue weighted by Crippen LogP contribution is -2.52. The van der Waals surface area contributed by atoms with Crippen molar-refractivity contribution < 1.29 is 14.0 Å². The van der Waals surface area contributed by atoms with Gasteiger partial charge >= 0.3 is 0 Å². The van der Waals surface area contributed by atoms with Gasteiger partial charge in [0.25, 0.3) is 0 Å². The van der Waals surface area contributed by atoms with Crippen molar-refractivity contribution in [3.8, 4) is 0 Å². The Balaban J connectivity index is 1.63. The first-order valence-corrected chi connectivity index (χ1v) is 12.7. The van der Waals surface area contributed by atoms with Crippen LogP contribution in [-0.2, 0) is 10.3 Å². The summed E-state index contributed by atoms with van der Waals surface area (Å²) in [5.41, 5.74) is 0.849. The lowest BCUT2D eigenvalue weighted by molar-refractivity contribution is -0.127. The van der Waals surface area contributed by atoms with E-state index in [1.165, 1.54) is 23.5 Å². The number of halogens is 2.